The number of carbonyl (C=O) groups excluding carboxylic acids is 1. The normalized spacial score (nSPS) is 27.7. The molecular formula is C11H19NO3. The fourth-order valence-electron chi connectivity index (χ4n) is 2.48. The van der Waals surface area contributed by atoms with Gasteiger partial charge in [0.15, 0.2) is 0 Å². The van der Waals surface area contributed by atoms with E-state index in [1.165, 1.54) is 6.42 Å². The van der Waals surface area contributed by atoms with Gasteiger partial charge >= 0.3 is 5.97 Å². The molecule has 1 aliphatic heterocycles. The molecule has 1 saturated carbocycles. The van der Waals surface area contributed by atoms with E-state index < -0.39 is 0 Å². The number of nitrogens with one attached hydrogen (secondary N) is 1. The zero-order valence-corrected chi connectivity index (χ0v) is 9.25. The van der Waals surface area contributed by atoms with Crippen LogP contribution in [0.5, 0.6) is 0 Å². The van der Waals surface area contributed by atoms with Crippen LogP contribution in [0.2, 0.25) is 0 Å². The quantitative estimate of drug-likeness (QED) is 0.699. The maximum atomic E-state index is 11.1. The maximum absolute atomic E-state index is 11.1. The molecule has 86 valence electrons. The highest BCUT2D eigenvalue weighted by atomic mass is 16.6. The molecule has 0 bridgehead atoms. The van der Waals surface area contributed by atoms with Gasteiger partial charge in [0.05, 0.1) is 12.7 Å². The Morgan fingerprint density at radius 2 is 2.33 bits per heavy atom. The number of hydrogen-bond donors (Lipinski definition) is 1. The highest BCUT2D eigenvalue weighted by Gasteiger charge is 2.44. The highest BCUT2D eigenvalue weighted by molar-refractivity contribution is 5.70. The van der Waals surface area contributed by atoms with Gasteiger partial charge in [0.2, 0.25) is 0 Å². The van der Waals surface area contributed by atoms with Gasteiger partial charge in [-0.1, -0.05) is 0 Å². The Labute approximate surface area is 90.3 Å². The highest BCUT2D eigenvalue weighted by Crippen LogP contribution is 2.42. The fourth-order valence-corrected chi connectivity index (χ4v) is 2.48. The lowest BCUT2D eigenvalue weighted by atomic mass is 9.80. The molecule has 0 amide bonds. The smallest absolute Gasteiger partial charge is 0.332 e. The molecule has 15 heavy (non-hydrogen) atoms. The number of ether oxygens (including phenoxy) is 2. The number of esters is 1. The van der Waals surface area contributed by atoms with Crippen molar-refractivity contribution < 1.29 is 14.3 Å². The van der Waals surface area contributed by atoms with Crippen molar-refractivity contribution in [1.29, 1.82) is 0 Å². The van der Waals surface area contributed by atoms with Crippen molar-refractivity contribution in [3.8, 4) is 0 Å². The minimum Gasteiger partial charge on any atom is -0.464 e. The fraction of sp³-hybridized carbons (Fsp3) is 0.909. The van der Waals surface area contributed by atoms with E-state index in [1.807, 2.05) is 6.92 Å². The van der Waals surface area contributed by atoms with Gasteiger partial charge in [0.1, 0.15) is 6.61 Å². The van der Waals surface area contributed by atoms with E-state index in [4.69, 9.17) is 9.47 Å². The topological polar surface area (TPSA) is 47.6 Å². The minimum atomic E-state index is -0.245. The van der Waals surface area contributed by atoms with E-state index in [2.05, 4.69) is 5.32 Å². The molecule has 4 heteroatoms. The predicted molar refractivity (Wildman–Crippen MR) is 55.5 cm³/mol. The van der Waals surface area contributed by atoms with Crippen LogP contribution in [0.4, 0.5) is 0 Å². The Morgan fingerprint density at radius 1 is 1.53 bits per heavy atom. The Kier molecular flexibility index (Phi) is 3.26. The van der Waals surface area contributed by atoms with Gasteiger partial charge < -0.3 is 14.8 Å². The van der Waals surface area contributed by atoms with Crippen molar-refractivity contribution in [1.82, 2.24) is 5.32 Å². The first kappa shape index (κ1) is 10.9. The summed E-state index contributed by atoms with van der Waals surface area (Å²) >= 11 is 0. The van der Waals surface area contributed by atoms with E-state index in [0.29, 0.717) is 12.0 Å². The molecule has 0 aromatic heterocycles. The zero-order valence-electron chi connectivity index (χ0n) is 9.25. The van der Waals surface area contributed by atoms with E-state index in [0.717, 1.165) is 25.9 Å². The lowest BCUT2D eigenvalue weighted by Crippen LogP contribution is -2.52. The molecular weight excluding hydrogens is 194 g/mol. The van der Waals surface area contributed by atoms with Crippen LogP contribution in [-0.2, 0) is 14.3 Å². The molecule has 1 aliphatic carbocycles. The molecule has 1 N–H and O–H groups in total. The van der Waals surface area contributed by atoms with Gasteiger partial charge in [-0.15, -0.1) is 0 Å². The van der Waals surface area contributed by atoms with Crippen LogP contribution in [0.1, 0.15) is 26.2 Å². The number of hydrogen-bond acceptors (Lipinski definition) is 4. The van der Waals surface area contributed by atoms with Crippen LogP contribution in [0.15, 0.2) is 0 Å². The third-order valence-corrected chi connectivity index (χ3v) is 3.40. The van der Waals surface area contributed by atoms with Gasteiger partial charge in [0.25, 0.3) is 0 Å². The summed E-state index contributed by atoms with van der Waals surface area (Å²) in [5, 5.41) is 3.30. The summed E-state index contributed by atoms with van der Waals surface area (Å²) in [4.78, 5) is 11.1. The maximum Gasteiger partial charge on any atom is 0.332 e. The summed E-state index contributed by atoms with van der Waals surface area (Å²) in [6.07, 6.45) is 3.67. The molecule has 0 radical (unpaired) electrons. The summed E-state index contributed by atoms with van der Waals surface area (Å²) in [6.45, 7) is 4.59. The summed E-state index contributed by atoms with van der Waals surface area (Å²) in [6, 6.07) is 0. The summed E-state index contributed by atoms with van der Waals surface area (Å²) in [7, 11) is 0. The molecule has 4 nitrogen and oxygen atoms in total. The lowest BCUT2D eigenvalue weighted by Gasteiger charge is -2.39. The summed E-state index contributed by atoms with van der Waals surface area (Å²) < 4.78 is 10.4. The molecule has 1 heterocycles. The predicted octanol–water partition coefficient (Wildman–Crippen LogP) is 0.708. The molecule has 0 aromatic rings. The van der Waals surface area contributed by atoms with E-state index in [1.54, 1.807) is 0 Å². The third-order valence-electron chi connectivity index (χ3n) is 3.40. The van der Waals surface area contributed by atoms with Gasteiger partial charge in [-0.05, 0) is 31.6 Å². The number of carbonyl (C=O) groups is 1. The third kappa shape index (κ3) is 2.49. The molecule has 1 saturated heterocycles. The first-order valence-corrected chi connectivity index (χ1v) is 5.72. The van der Waals surface area contributed by atoms with E-state index in [9.17, 15) is 4.79 Å². The second-order valence-electron chi connectivity index (χ2n) is 4.58. The molecule has 2 aliphatic rings. The van der Waals surface area contributed by atoms with Crippen LogP contribution in [-0.4, -0.2) is 38.4 Å². The van der Waals surface area contributed by atoms with E-state index in [-0.39, 0.29) is 18.7 Å². The lowest BCUT2D eigenvalue weighted by molar-refractivity contribution is -0.150. The molecule has 0 aromatic carbocycles. The van der Waals surface area contributed by atoms with Crippen LogP contribution in [0.3, 0.4) is 0 Å². The van der Waals surface area contributed by atoms with Gasteiger partial charge in [-0.25, -0.2) is 4.79 Å². The van der Waals surface area contributed by atoms with Crippen molar-refractivity contribution in [3.63, 3.8) is 0 Å². The van der Waals surface area contributed by atoms with Crippen molar-refractivity contribution >= 4 is 5.97 Å². The number of rotatable bonds is 4. The van der Waals surface area contributed by atoms with Crippen molar-refractivity contribution in [2.45, 2.75) is 32.3 Å². The molecule has 1 spiro atoms. The zero-order chi connectivity index (χ0) is 10.7. The molecule has 2 rings (SSSR count). The Morgan fingerprint density at radius 3 is 2.87 bits per heavy atom. The van der Waals surface area contributed by atoms with Gasteiger partial charge in [0, 0.05) is 13.1 Å². The molecule has 1 atom stereocenters. The van der Waals surface area contributed by atoms with E-state index >= 15 is 0 Å². The Hall–Kier alpha value is -0.610. The second kappa shape index (κ2) is 4.49. The Balaban J connectivity index is 1.66. The average molecular weight is 213 g/mol. The average Bonchev–Trinajstić information content (AvgIpc) is 2.59. The van der Waals surface area contributed by atoms with Crippen molar-refractivity contribution in [3.05, 3.63) is 0 Å². The van der Waals surface area contributed by atoms with Gasteiger partial charge in [-0.2, -0.15) is 0 Å². The first-order valence-electron chi connectivity index (χ1n) is 5.72. The largest absolute Gasteiger partial charge is 0.464 e. The summed E-state index contributed by atoms with van der Waals surface area (Å²) in [5.41, 5.74) is 0.485. The van der Waals surface area contributed by atoms with Crippen LogP contribution >= 0.6 is 0 Å². The van der Waals surface area contributed by atoms with Gasteiger partial charge in [-0.3, -0.25) is 0 Å². The molecule has 2 fully saturated rings. The van der Waals surface area contributed by atoms with Crippen LogP contribution < -0.4 is 5.32 Å². The van der Waals surface area contributed by atoms with Crippen molar-refractivity contribution in [2.24, 2.45) is 5.41 Å². The van der Waals surface area contributed by atoms with Crippen molar-refractivity contribution in [2.75, 3.05) is 26.3 Å². The second-order valence-corrected chi connectivity index (χ2v) is 4.58. The minimum absolute atomic E-state index is 0.113. The Bertz CT molecular complexity index is 238. The first-order chi connectivity index (χ1) is 7.24. The SMILES string of the molecule is CCOC(=O)COC1CCC2(CNC2)C1. The van der Waals surface area contributed by atoms with Crippen LogP contribution in [0, 0.1) is 5.41 Å². The molecule has 1 unspecified atom stereocenters. The van der Waals surface area contributed by atoms with Crippen LogP contribution in [0.25, 0.3) is 0 Å². The summed E-state index contributed by atoms with van der Waals surface area (Å²) in [5.74, 6) is -0.245. The standard InChI is InChI=1S/C11H19NO3/c1-2-14-10(13)6-15-9-3-4-11(5-9)7-12-8-11/h9,12H,2-8H2,1H3. The monoisotopic (exact) mass is 213 g/mol.